The fourth-order valence-corrected chi connectivity index (χ4v) is 3.49. The molecule has 0 saturated carbocycles. The van der Waals surface area contributed by atoms with Gasteiger partial charge in [-0.1, -0.05) is 11.3 Å². The first-order chi connectivity index (χ1) is 9.15. The summed E-state index contributed by atoms with van der Waals surface area (Å²) in [6, 6.07) is 3.93. The molecule has 0 amide bonds. The van der Waals surface area contributed by atoms with E-state index in [0.29, 0.717) is 18.1 Å². The molecule has 0 aliphatic carbocycles. The van der Waals surface area contributed by atoms with E-state index in [1.807, 2.05) is 4.90 Å². The molecule has 4 nitrogen and oxygen atoms in total. The average molecular weight is 280 g/mol. The number of carbonyl (C=O) groups is 1. The van der Waals surface area contributed by atoms with E-state index in [2.05, 4.69) is 4.98 Å². The molecule has 1 aromatic carbocycles. The fraction of sp³-hybridized carbons (Fsp3) is 0.385. The normalized spacial score (nSPS) is 19.8. The lowest BCUT2D eigenvalue weighted by Crippen LogP contribution is -2.44. The summed E-state index contributed by atoms with van der Waals surface area (Å²) >= 11 is 1.35. The molecule has 1 N–H and O–H groups in total. The SMILES string of the molecule is O=C(O)C1CCCCN1c1nc2ccc(F)cc2s1. The van der Waals surface area contributed by atoms with E-state index < -0.39 is 12.0 Å². The summed E-state index contributed by atoms with van der Waals surface area (Å²) in [6.07, 6.45) is 2.53. The van der Waals surface area contributed by atoms with Crippen LogP contribution < -0.4 is 4.90 Å². The quantitative estimate of drug-likeness (QED) is 0.919. The average Bonchev–Trinajstić information content (AvgIpc) is 2.81. The summed E-state index contributed by atoms with van der Waals surface area (Å²) < 4.78 is 13.9. The van der Waals surface area contributed by atoms with E-state index in [9.17, 15) is 14.3 Å². The van der Waals surface area contributed by atoms with E-state index in [1.165, 1.54) is 23.5 Å². The topological polar surface area (TPSA) is 53.4 Å². The molecular weight excluding hydrogens is 267 g/mol. The third-order valence-electron chi connectivity index (χ3n) is 3.37. The zero-order valence-corrected chi connectivity index (χ0v) is 11.0. The molecule has 0 bridgehead atoms. The standard InChI is InChI=1S/C13H13FN2O2S/c14-8-4-5-9-11(7-8)19-13(15-9)16-6-2-1-3-10(16)12(17)18/h4-5,7,10H,1-3,6H2,(H,17,18). The Kier molecular flexibility index (Phi) is 3.10. The van der Waals surface area contributed by atoms with Crippen LogP contribution in [0.25, 0.3) is 10.2 Å². The number of hydrogen-bond acceptors (Lipinski definition) is 4. The maximum Gasteiger partial charge on any atom is 0.326 e. The van der Waals surface area contributed by atoms with Crippen molar-refractivity contribution in [3.8, 4) is 0 Å². The van der Waals surface area contributed by atoms with Gasteiger partial charge in [0.2, 0.25) is 0 Å². The van der Waals surface area contributed by atoms with Crippen molar-refractivity contribution in [2.24, 2.45) is 0 Å². The van der Waals surface area contributed by atoms with Gasteiger partial charge in [-0.25, -0.2) is 14.2 Å². The van der Waals surface area contributed by atoms with Crippen LogP contribution >= 0.6 is 11.3 Å². The Balaban J connectivity index is 1.99. The number of benzene rings is 1. The maximum absolute atomic E-state index is 13.2. The third-order valence-corrected chi connectivity index (χ3v) is 4.43. The van der Waals surface area contributed by atoms with Crippen LogP contribution in [0, 0.1) is 5.82 Å². The van der Waals surface area contributed by atoms with Crippen molar-refractivity contribution in [3.05, 3.63) is 24.0 Å². The Morgan fingerprint density at radius 1 is 1.47 bits per heavy atom. The molecule has 6 heteroatoms. The van der Waals surface area contributed by atoms with E-state index in [1.54, 1.807) is 6.07 Å². The molecule has 2 aromatic rings. The lowest BCUT2D eigenvalue weighted by atomic mass is 10.0. The van der Waals surface area contributed by atoms with Crippen LogP contribution in [0.2, 0.25) is 0 Å². The Labute approximate surface area is 113 Å². The van der Waals surface area contributed by atoms with Crippen molar-refractivity contribution in [1.29, 1.82) is 0 Å². The summed E-state index contributed by atoms with van der Waals surface area (Å²) in [5.74, 6) is -1.11. The molecule has 0 spiro atoms. The molecule has 100 valence electrons. The number of aliphatic carboxylic acids is 1. The van der Waals surface area contributed by atoms with Crippen LogP contribution in [-0.4, -0.2) is 28.6 Å². The first kappa shape index (κ1) is 12.3. The molecule has 1 aliphatic heterocycles. The number of nitrogens with zero attached hydrogens (tertiary/aromatic N) is 2. The Morgan fingerprint density at radius 2 is 2.32 bits per heavy atom. The van der Waals surface area contributed by atoms with Crippen LogP contribution in [-0.2, 0) is 4.79 Å². The number of aromatic nitrogens is 1. The highest BCUT2D eigenvalue weighted by Gasteiger charge is 2.30. The first-order valence-electron chi connectivity index (χ1n) is 6.21. The minimum Gasteiger partial charge on any atom is -0.480 e. The minimum absolute atomic E-state index is 0.295. The highest BCUT2D eigenvalue weighted by Crippen LogP contribution is 2.33. The second kappa shape index (κ2) is 4.77. The van der Waals surface area contributed by atoms with Gasteiger partial charge in [0.25, 0.3) is 0 Å². The number of thiazole rings is 1. The molecule has 2 heterocycles. The predicted octanol–water partition coefficient (Wildman–Crippen LogP) is 2.88. The van der Waals surface area contributed by atoms with Gasteiger partial charge >= 0.3 is 5.97 Å². The number of halogens is 1. The lowest BCUT2D eigenvalue weighted by Gasteiger charge is -2.32. The van der Waals surface area contributed by atoms with Crippen molar-refractivity contribution in [2.75, 3.05) is 11.4 Å². The van der Waals surface area contributed by atoms with Gasteiger partial charge in [0.1, 0.15) is 11.9 Å². The Bertz CT molecular complexity index is 628. The highest BCUT2D eigenvalue weighted by atomic mass is 32.1. The van der Waals surface area contributed by atoms with Gasteiger partial charge in [-0.3, -0.25) is 0 Å². The molecule has 1 saturated heterocycles. The van der Waals surface area contributed by atoms with Gasteiger partial charge < -0.3 is 10.0 Å². The number of anilines is 1. The Morgan fingerprint density at radius 3 is 3.11 bits per heavy atom. The second-order valence-corrected chi connectivity index (χ2v) is 5.66. The zero-order valence-electron chi connectivity index (χ0n) is 10.2. The van der Waals surface area contributed by atoms with Crippen molar-refractivity contribution in [3.63, 3.8) is 0 Å². The van der Waals surface area contributed by atoms with E-state index in [0.717, 1.165) is 23.1 Å². The molecule has 19 heavy (non-hydrogen) atoms. The molecular formula is C13H13FN2O2S. The lowest BCUT2D eigenvalue weighted by molar-refractivity contribution is -0.139. The largest absolute Gasteiger partial charge is 0.480 e. The summed E-state index contributed by atoms with van der Waals surface area (Å²) in [4.78, 5) is 17.5. The van der Waals surface area contributed by atoms with Gasteiger partial charge in [-0.2, -0.15) is 0 Å². The number of hydrogen-bond donors (Lipinski definition) is 1. The van der Waals surface area contributed by atoms with Crippen LogP contribution in [0.15, 0.2) is 18.2 Å². The summed E-state index contributed by atoms with van der Waals surface area (Å²) in [6.45, 7) is 0.694. The van der Waals surface area contributed by atoms with E-state index >= 15 is 0 Å². The van der Waals surface area contributed by atoms with Gasteiger partial charge in [0.15, 0.2) is 5.13 Å². The predicted molar refractivity (Wildman–Crippen MR) is 72.2 cm³/mol. The highest BCUT2D eigenvalue weighted by molar-refractivity contribution is 7.22. The van der Waals surface area contributed by atoms with Gasteiger partial charge in [0, 0.05) is 6.54 Å². The van der Waals surface area contributed by atoms with Crippen LogP contribution in [0.1, 0.15) is 19.3 Å². The van der Waals surface area contributed by atoms with Gasteiger partial charge in [-0.15, -0.1) is 0 Å². The molecule has 1 aromatic heterocycles. The summed E-state index contributed by atoms with van der Waals surface area (Å²) in [5, 5.41) is 9.94. The number of carboxylic acids is 1. The van der Waals surface area contributed by atoms with Crippen molar-refractivity contribution >= 4 is 32.7 Å². The molecule has 1 unspecified atom stereocenters. The van der Waals surface area contributed by atoms with Crippen LogP contribution in [0.4, 0.5) is 9.52 Å². The third kappa shape index (κ3) is 2.28. The fourth-order valence-electron chi connectivity index (χ4n) is 2.43. The smallest absolute Gasteiger partial charge is 0.326 e. The first-order valence-corrected chi connectivity index (χ1v) is 7.02. The monoisotopic (exact) mass is 280 g/mol. The molecule has 1 atom stereocenters. The summed E-state index contributed by atoms with van der Waals surface area (Å²) in [7, 11) is 0. The molecule has 0 radical (unpaired) electrons. The molecule has 1 aliphatic rings. The maximum atomic E-state index is 13.2. The van der Waals surface area contributed by atoms with E-state index in [-0.39, 0.29) is 5.82 Å². The molecule has 3 rings (SSSR count). The van der Waals surface area contributed by atoms with Gasteiger partial charge in [-0.05, 0) is 37.5 Å². The van der Waals surface area contributed by atoms with E-state index in [4.69, 9.17) is 0 Å². The van der Waals surface area contributed by atoms with Crippen molar-refractivity contribution < 1.29 is 14.3 Å². The zero-order chi connectivity index (χ0) is 13.4. The van der Waals surface area contributed by atoms with Gasteiger partial charge in [0.05, 0.1) is 10.2 Å². The van der Waals surface area contributed by atoms with Crippen molar-refractivity contribution in [2.45, 2.75) is 25.3 Å². The number of rotatable bonds is 2. The summed E-state index contributed by atoms with van der Waals surface area (Å²) in [5.41, 5.74) is 0.719. The number of piperidine rings is 1. The van der Waals surface area contributed by atoms with Crippen LogP contribution in [0.5, 0.6) is 0 Å². The van der Waals surface area contributed by atoms with Crippen molar-refractivity contribution in [1.82, 2.24) is 4.98 Å². The molecule has 1 fully saturated rings. The minimum atomic E-state index is -0.815. The number of carboxylic acid groups (broad SMARTS) is 1. The number of fused-ring (bicyclic) bond motifs is 1. The second-order valence-electron chi connectivity index (χ2n) is 4.65. The Hall–Kier alpha value is -1.69. The van der Waals surface area contributed by atoms with Crippen LogP contribution in [0.3, 0.4) is 0 Å².